The molecule has 3 aromatic rings. The van der Waals surface area contributed by atoms with Crippen LogP contribution >= 0.6 is 23.2 Å². The van der Waals surface area contributed by atoms with Crippen LogP contribution in [0.15, 0.2) is 72.8 Å². The van der Waals surface area contributed by atoms with Crippen LogP contribution in [0.3, 0.4) is 0 Å². The summed E-state index contributed by atoms with van der Waals surface area (Å²) in [6, 6.07) is 22.1. The quantitative estimate of drug-likeness (QED) is 0.271. The van der Waals surface area contributed by atoms with E-state index in [4.69, 9.17) is 27.9 Å². The Morgan fingerprint density at radius 1 is 0.949 bits per heavy atom. The number of nitrogens with one attached hydrogen (secondary N) is 1. The minimum atomic E-state index is -0.736. The lowest BCUT2D eigenvalue weighted by molar-refractivity contribution is -0.143. The van der Waals surface area contributed by atoms with Gasteiger partial charge >= 0.3 is 0 Å². The van der Waals surface area contributed by atoms with Crippen LogP contribution < -0.4 is 10.1 Å². The first-order chi connectivity index (χ1) is 18.9. The second-order valence-electron chi connectivity index (χ2n) is 10.1. The van der Waals surface area contributed by atoms with E-state index in [0.29, 0.717) is 27.8 Å². The van der Waals surface area contributed by atoms with Gasteiger partial charge in [-0.1, -0.05) is 97.9 Å². The van der Waals surface area contributed by atoms with Crippen molar-refractivity contribution in [3.05, 3.63) is 99.5 Å². The summed E-state index contributed by atoms with van der Waals surface area (Å²) in [5.74, 6) is 0.160. The van der Waals surface area contributed by atoms with Crippen molar-refractivity contribution in [2.45, 2.75) is 70.5 Å². The molecule has 0 aromatic heterocycles. The van der Waals surface area contributed by atoms with Gasteiger partial charge in [-0.15, -0.1) is 0 Å². The Morgan fingerprint density at radius 3 is 2.33 bits per heavy atom. The SMILES string of the molecule is CCc1ccc(OCC(=O)N(Cc2ccc(Cl)cc2Cl)C(Cc2ccccc2)C(=O)NC2CCCCC2)cc1. The smallest absolute Gasteiger partial charge is 0.261 e. The molecular formula is C32H36Cl2N2O3. The molecule has 0 heterocycles. The predicted octanol–water partition coefficient (Wildman–Crippen LogP) is 7.02. The molecule has 1 aliphatic carbocycles. The highest BCUT2D eigenvalue weighted by atomic mass is 35.5. The van der Waals surface area contributed by atoms with E-state index in [-0.39, 0.29) is 31.0 Å². The number of carbonyl (C=O) groups is 2. The number of benzene rings is 3. The van der Waals surface area contributed by atoms with Gasteiger partial charge in [0, 0.05) is 29.1 Å². The van der Waals surface area contributed by atoms with Crippen LogP contribution in [0.2, 0.25) is 10.0 Å². The van der Waals surface area contributed by atoms with E-state index in [1.807, 2.05) is 54.6 Å². The summed E-state index contributed by atoms with van der Waals surface area (Å²) < 4.78 is 5.89. The fourth-order valence-electron chi connectivity index (χ4n) is 4.98. The van der Waals surface area contributed by atoms with E-state index in [1.165, 1.54) is 12.0 Å². The van der Waals surface area contributed by atoms with Crippen LogP contribution in [-0.2, 0) is 29.0 Å². The van der Waals surface area contributed by atoms with Gasteiger partial charge in [-0.25, -0.2) is 0 Å². The molecule has 5 nitrogen and oxygen atoms in total. The van der Waals surface area contributed by atoms with E-state index >= 15 is 0 Å². The number of amides is 2. The number of carbonyl (C=O) groups excluding carboxylic acids is 2. The maximum atomic E-state index is 13.8. The summed E-state index contributed by atoms with van der Waals surface area (Å²) in [5.41, 5.74) is 2.87. The molecule has 1 saturated carbocycles. The third kappa shape index (κ3) is 8.48. The van der Waals surface area contributed by atoms with Crippen LogP contribution in [0.25, 0.3) is 0 Å². The van der Waals surface area contributed by atoms with Gasteiger partial charge in [0.15, 0.2) is 6.61 Å². The van der Waals surface area contributed by atoms with Crippen LogP contribution in [0, 0.1) is 0 Å². The second-order valence-corrected chi connectivity index (χ2v) is 10.9. The van der Waals surface area contributed by atoms with E-state index in [2.05, 4.69) is 12.2 Å². The lowest BCUT2D eigenvalue weighted by atomic mass is 9.94. The lowest BCUT2D eigenvalue weighted by Gasteiger charge is -2.33. The van der Waals surface area contributed by atoms with Crippen molar-refractivity contribution in [3.8, 4) is 5.75 Å². The molecule has 0 saturated heterocycles. The highest BCUT2D eigenvalue weighted by Gasteiger charge is 2.32. The molecule has 2 amide bonds. The van der Waals surface area contributed by atoms with Gasteiger partial charge < -0.3 is 15.0 Å². The molecule has 1 N–H and O–H groups in total. The Labute approximate surface area is 241 Å². The number of halogens is 2. The molecule has 1 aliphatic rings. The monoisotopic (exact) mass is 566 g/mol. The zero-order valence-corrected chi connectivity index (χ0v) is 23.9. The van der Waals surface area contributed by atoms with Gasteiger partial charge in [0.05, 0.1) is 0 Å². The number of rotatable bonds is 11. The first kappa shape index (κ1) is 29.0. The Morgan fingerprint density at radius 2 is 1.67 bits per heavy atom. The number of nitrogens with zero attached hydrogens (tertiary/aromatic N) is 1. The Balaban J connectivity index is 1.62. The van der Waals surface area contributed by atoms with E-state index in [9.17, 15) is 9.59 Å². The first-order valence-corrected chi connectivity index (χ1v) is 14.5. The molecule has 4 rings (SSSR count). The molecule has 1 atom stereocenters. The summed E-state index contributed by atoms with van der Waals surface area (Å²) in [6.45, 7) is 2.05. The summed E-state index contributed by atoms with van der Waals surface area (Å²) in [6.07, 6.45) is 6.60. The summed E-state index contributed by atoms with van der Waals surface area (Å²) in [7, 11) is 0. The molecule has 1 unspecified atom stereocenters. The molecule has 0 spiro atoms. The highest BCUT2D eigenvalue weighted by molar-refractivity contribution is 6.35. The van der Waals surface area contributed by atoms with Crippen LogP contribution in [0.4, 0.5) is 0 Å². The molecule has 3 aromatic carbocycles. The van der Waals surface area contributed by atoms with Crippen molar-refractivity contribution in [3.63, 3.8) is 0 Å². The Bertz CT molecular complexity index is 1230. The third-order valence-corrected chi connectivity index (χ3v) is 7.86. The largest absolute Gasteiger partial charge is 0.484 e. The minimum Gasteiger partial charge on any atom is -0.484 e. The van der Waals surface area contributed by atoms with Gasteiger partial charge in [0.25, 0.3) is 5.91 Å². The summed E-state index contributed by atoms with van der Waals surface area (Å²) in [4.78, 5) is 29.2. The van der Waals surface area contributed by atoms with Gasteiger partial charge in [-0.3, -0.25) is 9.59 Å². The Kier molecular flexibility index (Phi) is 10.7. The molecule has 39 heavy (non-hydrogen) atoms. The highest BCUT2D eigenvalue weighted by Crippen LogP contribution is 2.25. The van der Waals surface area contributed by atoms with Crippen molar-refractivity contribution in [1.29, 1.82) is 0 Å². The maximum Gasteiger partial charge on any atom is 0.261 e. The van der Waals surface area contributed by atoms with Crippen molar-refractivity contribution < 1.29 is 14.3 Å². The van der Waals surface area contributed by atoms with Crippen LogP contribution in [-0.4, -0.2) is 35.4 Å². The number of hydrogen-bond acceptors (Lipinski definition) is 3. The van der Waals surface area contributed by atoms with E-state index in [0.717, 1.165) is 37.7 Å². The van der Waals surface area contributed by atoms with Gasteiger partial charge in [0.1, 0.15) is 11.8 Å². The molecule has 0 aliphatic heterocycles. The molecule has 0 bridgehead atoms. The zero-order chi connectivity index (χ0) is 27.6. The molecule has 1 fully saturated rings. The van der Waals surface area contributed by atoms with Crippen molar-refractivity contribution in [2.24, 2.45) is 0 Å². The fraction of sp³-hybridized carbons (Fsp3) is 0.375. The third-order valence-electron chi connectivity index (χ3n) is 7.27. The number of aryl methyl sites for hydroxylation is 1. The Hall–Kier alpha value is -3.02. The number of ether oxygens (including phenoxy) is 1. The maximum absolute atomic E-state index is 13.8. The summed E-state index contributed by atoms with van der Waals surface area (Å²) in [5, 5.41) is 4.20. The standard InChI is InChI=1S/C32H36Cl2N2O3/c1-2-23-13-17-28(18-14-23)39-22-31(37)36(21-25-15-16-26(33)20-29(25)34)30(19-24-9-5-3-6-10-24)32(38)35-27-11-7-4-8-12-27/h3,5-6,9-10,13-18,20,27,30H,2,4,7-8,11-12,19,21-22H2,1H3,(H,35,38). The van der Waals surface area contributed by atoms with Gasteiger partial charge in [0.2, 0.25) is 5.91 Å². The summed E-state index contributed by atoms with van der Waals surface area (Å²) >= 11 is 12.7. The van der Waals surface area contributed by atoms with Gasteiger partial charge in [-0.05, 0) is 60.2 Å². The molecule has 0 radical (unpaired) electrons. The normalized spacial score (nSPS) is 14.4. The van der Waals surface area contributed by atoms with Crippen molar-refractivity contribution in [2.75, 3.05) is 6.61 Å². The average Bonchev–Trinajstić information content (AvgIpc) is 2.96. The molecular weight excluding hydrogens is 531 g/mol. The number of hydrogen-bond donors (Lipinski definition) is 1. The molecule has 206 valence electrons. The minimum absolute atomic E-state index is 0.119. The van der Waals surface area contributed by atoms with Crippen LogP contribution in [0.1, 0.15) is 55.7 Å². The zero-order valence-electron chi connectivity index (χ0n) is 22.4. The van der Waals surface area contributed by atoms with Gasteiger partial charge in [-0.2, -0.15) is 0 Å². The lowest BCUT2D eigenvalue weighted by Crippen LogP contribution is -2.53. The van der Waals surface area contributed by atoms with E-state index in [1.54, 1.807) is 23.1 Å². The molecule has 7 heteroatoms. The van der Waals surface area contributed by atoms with Crippen molar-refractivity contribution >= 4 is 35.0 Å². The average molecular weight is 568 g/mol. The first-order valence-electron chi connectivity index (χ1n) is 13.7. The van der Waals surface area contributed by atoms with Crippen LogP contribution in [0.5, 0.6) is 5.75 Å². The van der Waals surface area contributed by atoms with E-state index < -0.39 is 6.04 Å². The fourth-order valence-corrected chi connectivity index (χ4v) is 5.45. The second kappa shape index (κ2) is 14.4. The topological polar surface area (TPSA) is 58.6 Å². The predicted molar refractivity (Wildman–Crippen MR) is 157 cm³/mol. The van der Waals surface area contributed by atoms with Crippen molar-refractivity contribution in [1.82, 2.24) is 10.2 Å².